The van der Waals surface area contributed by atoms with Gasteiger partial charge in [0.15, 0.2) is 0 Å². The zero-order valence-corrected chi connectivity index (χ0v) is 9.14. The highest BCUT2D eigenvalue weighted by Crippen LogP contribution is 2.23. The van der Waals surface area contributed by atoms with Crippen LogP contribution in [0.5, 0.6) is 0 Å². The Balaban J connectivity index is 2.13. The molecule has 1 unspecified atom stereocenters. The van der Waals surface area contributed by atoms with Crippen molar-refractivity contribution in [1.82, 2.24) is 10.6 Å². The maximum absolute atomic E-state index is 11.3. The number of carbonyl (C=O) groups is 1. The van der Waals surface area contributed by atoms with E-state index in [0.29, 0.717) is 13.1 Å². The van der Waals surface area contributed by atoms with Gasteiger partial charge >= 0.3 is 0 Å². The van der Waals surface area contributed by atoms with Crippen LogP contribution >= 0.6 is 0 Å². The molecule has 1 aliphatic rings. The maximum atomic E-state index is 11.3. The van der Waals surface area contributed by atoms with Crippen molar-refractivity contribution in [3.05, 3.63) is 0 Å². The molecule has 0 aromatic heterocycles. The highest BCUT2D eigenvalue weighted by Gasteiger charge is 2.29. The van der Waals surface area contributed by atoms with Gasteiger partial charge in [0, 0.05) is 13.2 Å². The van der Waals surface area contributed by atoms with Gasteiger partial charge in [-0.1, -0.05) is 5.92 Å². The molecule has 84 valence electrons. The molecule has 2 N–H and O–H groups in total. The van der Waals surface area contributed by atoms with Crippen LogP contribution in [0, 0.1) is 12.3 Å². The van der Waals surface area contributed by atoms with Crippen molar-refractivity contribution in [2.24, 2.45) is 0 Å². The average Bonchev–Trinajstić information content (AvgIpc) is 2.64. The van der Waals surface area contributed by atoms with Crippen LogP contribution in [0.2, 0.25) is 0 Å². The number of hydrogen-bond acceptors (Lipinski definition) is 3. The molecule has 1 heterocycles. The van der Waals surface area contributed by atoms with E-state index in [0.717, 1.165) is 19.4 Å². The van der Waals surface area contributed by atoms with Gasteiger partial charge in [-0.15, -0.1) is 6.42 Å². The molecule has 0 saturated carbocycles. The van der Waals surface area contributed by atoms with Crippen LogP contribution in [0.1, 0.15) is 19.8 Å². The fourth-order valence-electron chi connectivity index (χ4n) is 1.57. The quantitative estimate of drug-likeness (QED) is 0.492. The van der Waals surface area contributed by atoms with Crippen molar-refractivity contribution in [3.8, 4) is 12.3 Å². The molecule has 0 aromatic rings. The Labute approximate surface area is 90.8 Å². The van der Waals surface area contributed by atoms with Crippen molar-refractivity contribution in [1.29, 1.82) is 0 Å². The lowest BCUT2D eigenvalue weighted by Crippen LogP contribution is -2.43. The standard InChI is InChI=1S/C11H18N2O2/c1-3-6-12-8-10(14)13-9-11(2)5-4-7-15-11/h1,12H,4-9H2,2H3,(H,13,14). The Morgan fingerprint density at radius 1 is 1.67 bits per heavy atom. The number of nitrogens with one attached hydrogen (secondary N) is 2. The van der Waals surface area contributed by atoms with E-state index < -0.39 is 0 Å². The highest BCUT2D eigenvalue weighted by molar-refractivity contribution is 5.78. The number of rotatable bonds is 5. The zero-order chi connectivity index (χ0) is 11.1. The van der Waals surface area contributed by atoms with Gasteiger partial charge in [0.05, 0.1) is 18.7 Å². The number of carbonyl (C=O) groups excluding carboxylic acids is 1. The second-order valence-electron chi connectivity index (χ2n) is 3.99. The van der Waals surface area contributed by atoms with E-state index in [1.54, 1.807) is 0 Å². The molecule has 4 heteroatoms. The first-order valence-electron chi connectivity index (χ1n) is 5.21. The first kappa shape index (κ1) is 12.0. The number of terminal acetylenes is 1. The number of hydrogen-bond donors (Lipinski definition) is 2. The summed E-state index contributed by atoms with van der Waals surface area (Å²) in [6.07, 6.45) is 7.12. The van der Waals surface area contributed by atoms with Gasteiger partial charge < -0.3 is 10.1 Å². The third kappa shape index (κ3) is 4.32. The van der Waals surface area contributed by atoms with Gasteiger partial charge in [-0.2, -0.15) is 0 Å². The maximum Gasteiger partial charge on any atom is 0.234 e. The summed E-state index contributed by atoms with van der Waals surface area (Å²) in [4.78, 5) is 11.3. The lowest BCUT2D eigenvalue weighted by molar-refractivity contribution is -0.121. The van der Waals surface area contributed by atoms with Crippen LogP contribution in [0.4, 0.5) is 0 Å². The highest BCUT2D eigenvalue weighted by atomic mass is 16.5. The number of amides is 1. The minimum absolute atomic E-state index is 0.0398. The van der Waals surface area contributed by atoms with Crippen molar-refractivity contribution in [2.45, 2.75) is 25.4 Å². The fraction of sp³-hybridized carbons (Fsp3) is 0.727. The predicted molar refractivity (Wildman–Crippen MR) is 58.3 cm³/mol. The molecule has 1 amide bonds. The first-order valence-corrected chi connectivity index (χ1v) is 5.21. The molecule has 1 saturated heterocycles. The normalized spacial score (nSPS) is 24.8. The summed E-state index contributed by atoms with van der Waals surface area (Å²) in [7, 11) is 0. The van der Waals surface area contributed by atoms with Crippen LogP contribution < -0.4 is 10.6 Å². The Morgan fingerprint density at radius 2 is 2.47 bits per heavy atom. The summed E-state index contributed by atoms with van der Waals surface area (Å²) in [5.74, 6) is 2.37. The van der Waals surface area contributed by atoms with Gasteiger partial charge in [-0.05, 0) is 19.8 Å². The molecule has 1 aliphatic heterocycles. The summed E-state index contributed by atoms with van der Waals surface area (Å²) in [6, 6.07) is 0. The smallest absolute Gasteiger partial charge is 0.234 e. The summed E-state index contributed by atoms with van der Waals surface area (Å²) >= 11 is 0. The zero-order valence-electron chi connectivity index (χ0n) is 9.14. The van der Waals surface area contributed by atoms with Gasteiger partial charge in [0.25, 0.3) is 0 Å². The van der Waals surface area contributed by atoms with E-state index in [9.17, 15) is 4.79 Å². The molecular formula is C11H18N2O2. The van der Waals surface area contributed by atoms with Crippen LogP contribution in [-0.4, -0.2) is 37.7 Å². The van der Waals surface area contributed by atoms with Crippen molar-refractivity contribution in [3.63, 3.8) is 0 Å². The molecule has 0 bridgehead atoms. The predicted octanol–water partition coefficient (Wildman–Crippen LogP) is -0.106. The van der Waals surface area contributed by atoms with Crippen molar-refractivity contribution >= 4 is 5.91 Å². The van der Waals surface area contributed by atoms with Crippen LogP contribution in [0.25, 0.3) is 0 Å². The molecule has 0 radical (unpaired) electrons. The molecule has 1 rings (SSSR count). The minimum Gasteiger partial charge on any atom is -0.373 e. The lowest BCUT2D eigenvalue weighted by Gasteiger charge is -2.23. The lowest BCUT2D eigenvalue weighted by atomic mass is 10.0. The first-order chi connectivity index (χ1) is 7.16. The Hall–Kier alpha value is -1.05. The largest absolute Gasteiger partial charge is 0.373 e. The fourth-order valence-corrected chi connectivity index (χ4v) is 1.57. The van der Waals surface area contributed by atoms with Crippen LogP contribution in [0.15, 0.2) is 0 Å². The molecule has 0 aromatic carbocycles. The molecule has 1 atom stereocenters. The molecule has 0 aliphatic carbocycles. The van der Waals surface area contributed by atoms with E-state index >= 15 is 0 Å². The van der Waals surface area contributed by atoms with E-state index in [-0.39, 0.29) is 18.1 Å². The molecular weight excluding hydrogens is 192 g/mol. The van der Waals surface area contributed by atoms with Gasteiger partial charge in [0.1, 0.15) is 0 Å². The van der Waals surface area contributed by atoms with Crippen LogP contribution in [-0.2, 0) is 9.53 Å². The van der Waals surface area contributed by atoms with Crippen LogP contribution in [0.3, 0.4) is 0 Å². The second-order valence-corrected chi connectivity index (χ2v) is 3.99. The monoisotopic (exact) mass is 210 g/mol. The Kier molecular flexibility index (Phi) is 4.60. The third-order valence-electron chi connectivity index (χ3n) is 2.47. The van der Waals surface area contributed by atoms with Crippen molar-refractivity contribution in [2.75, 3.05) is 26.2 Å². The molecule has 15 heavy (non-hydrogen) atoms. The van der Waals surface area contributed by atoms with E-state index in [1.807, 2.05) is 6.92 Å². The van der Waals surface area contributed by atoms with Crippen molar-refractivity contribution < 1.29 is 9.53 Å². The number of ether oxygens (including phenoxy) is 1. The van der Waals surface area contributed by atoms with E-state index in [1.165, 1.54) is 0 Å². The second kappa shape index (κ2) is 5.74. The molecule has 1 fully saturated rings. The van der Waals surface area contributed by atoms with E-state index in [2.05, 4.69) is 16.6 Å². The summed E-state index contributed by atoms with van der Waals surface area (Å²) < 4.78 is 5.55. The third-order valence-corrected chi connectivity index (χ3v) is 2.47. The topological polar surface area (TPSA) is 50.4 Å². The summed E-state index contributed by atoms with van der Waals surface area (Å²) in [6.45, 7) is 4.07. The Morgan fingerprint density at radius 3 is 3.07 bits per heavy atom. The van der Waals surface area contributed by atoms with Gasteiger partial charge in [-0.3, -0.25) is 10.1 Å². The minimum atomic E-state index is -0.179. The molecule has 4 nitrogen and oxygen atoms in total. The average molecular weight is 210 g/mol. The summed E-state index contributed by atoms with van der Waals surface area (Å²) in [5, 5.41) is 5.66. The molecule has 0 spiro atoms. The van der Waals surface area contributed by atoms with Gasteiger partial charge in [-0.25, -0.2) is 0 Å². The van der Waals surface area contributed by atoms with E-state index in [4.69, 9.17) is 11.2 Å². The van der Waals surface area contributed by atoms with Gasteiger partial charge in [0.2, 0.25) is 5.91 Å². The SMILES string of the molecule is C#CCNCC(=O)NCC1(C)CCCO1. The Bertz CT molecular complexity index is 252. The summed E-state index contributed by atoms with van der Waals surface area (Å²) in [5.41, 5.74) is -0.179.